The molecule has 2 heterocycles. The number of aromatic nitrogens is 1. The third kappa shape index (κ3) is 3.60. The zero-order chi connectivity index (χ0) is 31.7. The first kappa shape index (κ1) is 26.9. The van der Waals surface area contributed by atoms with Crippen molar-refractivity contribution < 1.29 is 0 Å². The monoisotopic (exact) mass is 610 g/mol. The van der Waals surface area contributed by atoms with Gasteiger partial charge in [-0.25, -0.2) is 0 Å². The summed E-state index contributed by atoms with van der Waals surface area (Å²) in [5.41, 5.74) is 16.6. The Morgan fingerprint density at radius 3 is 1.71 bits per heavy atom. The molecule has 7 aromatic carbocycles. The minimum absolute atomic E-state index is 0.502. The molecule has 1 aliphatic carbocycles. The number of pyridine rings is 1. The predicted molar refractivity (Wildman–Crippen MR) is 198 cm³/mol. The van der Waals surface area contributed by atoms with E-state index in [0.29, 0.717) is 0 Å². The van der Waals surface area contributed by atoms with Gasteiger partial charge >= 0.3 is 0 Å². The zero-order valence-corrected chi connectivity index (χ0v) is 26.2. The molecule has 0 atom stereocenters. The predicted octanol–water partition coefficient (Wildman–Crippen LogP) is 11.7. The molecule has 0 bridgehead atoms. The Kier molecular flexibility index (Phi) is 5.82. The van der Waals surface area contributed by atoms with Gasteiger partial charge < -0.3 is 4.90 Å². The van der Waals surface area contributed by atoms with Crippen LogP contribution < -0.4 is 4.90 Å². The van der Waals surface area contributed by atoms with Crippen molar-refractivity contribution in [3.8, 4) is 33.4 Å². The van der Waals surface area contributed by atoms with Gasteiger partial charge in [0.2, 0.25) is 0 Å². The molecule has 0 saturated carbocycles. The maximum atomic E-state index is 5.04. The highest BCUT2D eigenvalue weighted by Crippen LogP contribution is 2.64. The van der Waals surface area contributed by atoms with E-state index >= 15 is 0 Å². The minimum Gasteiger partial charge on any atom is -0.310 e. The second-order valence-corrected chi connectivity index (χ2v) is 12.7. The number of para-hydroxylation sites is 4. The standard InChI is InChI=1S/C46H30N2/c1-3-16-31(17-4-1)44-35-21-8-12-27-41(35)47-30-36(44)33-22-15-26-40-45(33)34-20-7-9-23-37(34)46(40)38-24-10-13-28-42(38)48(32-18-5-2-6-19-32)43-29-14-11-25-39(43)46/h1-30H. The van der Waals surface area contributed by atoms with Crippen LogP contribution in [0.1, 0.15) is 22.3 Å². The van der Waals surface area contributed by atoms with E-state index < -0.39 is 5.41 Å². The molecule has 0 radical (unpaired) electrons. The zero-order valence-electron chi connectivity index (χ0n) is 26.2. The molecule has 1 spiro atoms. The first-order valence-corrected chi connectivity index (χ1v) is 16.6. The van der Waals surface area contributed by atoms with Crippen LogP contribution in [0.5, 0.6) is 0 Å². The lowest BCUT2D eigenvalue weighted by Crippen LogP contribution is -2.36. The second kappa shape index (κ2) is 10.4. The molecule has 2 aliphatic rings. The van der Waals surface area contributed by atoms with Gasteiger partial charge in [0.05, 0.1) is 22.3 Å². The Hall–Kier alpha value is -6.25. The van der Waals surface area contributed by atoms with E-state index in [1.807, 2.05) is 0 Å². The second-order valence-electron chi connectivity index (χ2n) is 12.7. The maximum absolute atomic E-state index is 5.04. The highest BCUT2D eigenvalue weighted by molar-refractivity contribution is 6.07. The van der Waals surface area contributed by atoms with Crippen LogP contribution in [-0.4, -0.2) is 4.98 Å². The molecular weight excluding hydrogens is 581 g/mol. The summed E-state index contributed by atoms with van der Waals surface area (Å²) in [5, 5.41) is 1.16. The third-order valence-corrected chi connectivity index (χ3v) is 10.3. The average Bonchev–Trinajstić information content (AvgIpc) is 3.46. The van der Waals surface area contributed by atoms with Gasteiger partial charge in [-0.1, -0.05) is 146 Å². The molecule has 224 valence electrons. The minimum atomic E-state index is -0.502. The average molecular weight is 611 g/mol. The van der Waals surface area contributed by atoms with Crippen LogP contribution in [0, 0.1) is 0 Å². The van der Waals surface area contributed by atoms with Crippen molar-refractivity contribution in [2.45, 2.75) is 5.41 Å². The normalized spacial score (nSPS) is 13.5. The van der Waals surface area contributed by atoms with Crippen molar-refractivity contribution >= 4 is 28.0 Å². The summed E-state index contributed by atoms with van der Waals surface area (Å²) in [4.78, 5) is 7.47. The summed E-state index contributed by atoms with van der Waals surface area (Å²) >= 11 is 0. The maximum Gasteiger partial charge on any atom is 0.0754 e. The smallest absolute Gasteiger partial charge is 0.0754 e. The van der Waals surface area contributed by atoms with E-state index in [-0.39, 0.29) is 0 Å². The number of fused-ring (bicyclic) bond motifs is 10. The molecule has 0 saturated heterocycles. The van der Waals surface area contributed by atoms with Gasteiger partial charge in [-0.15, -0.1) is 0 Å². The largest absolute Gasteiger partial charge is 0.310 e. The Balaban J connectivity index is 1.33. The fraction of sp³-hybridized carbons (Fsp3) is 0.0217. The summed E-state index contributed by atoms with van der Waals surface area (Å²) in [6, 6.07) is 64.0. The van der Waals surface area contributed by atoms with E-state index in [4.69, 9.17) is 4.98 Å². The Labute approximate surface area is 280 Å². The lowest BCUT2D eigenvalue weighted by molar-refractivity contribution is 0.753. The van der Waals surface area contributed by atoms with E-state index in [9.17, 15) is 0 Å². The van der Waals surface area contributed by atoms with Gasteiger partial charge in [-0.05, 0) is 74.8 Å². The molecule has 2 heteroatoms. The van der Waals surface area contributed by atoms with Crippen LogP contribution in [-0.2, 0) is 5.41 Å². The number of rotatable bonds is 3. The Morgan fingerprint density at radius 1 is 0.396 bits per heavy atom. The first-order valence-electron chi connectivity index (χ1n) is 16.6. The highest BCUT2D eigenvalue weighted by Gasteiger charge is 2.52. The van der Waals surface area contributed by atoms with Crippen molar-refractivity contribution in [3.63, 3.8) is 0 Å². The van der Waals surface area contributed by atoms with E-state index in [0.717, 1.165) is 22.2 Å². The molecule has 8 aromatic rings. The van der Waals surface area contributed by atoms with Crippen molar-refractivity contribution in [1.29, 1.82) is 0 Å². The highest BCUT2D eigenvalue weighted by atomic mass is 15.2. The first-order chi connectivity index (χ1) is 23.9. The van der Waals surface area contributed by atoms with Gasteiger partial charge in [-0.2, -0.15) is 0 Å². The number of hydrogen-bond acceptors (Lipinski definition) is 2. The fourth-order valence-corrected chi connectivity index (χ4v) is 8.50. The lowest BCUT2D eigenvalue weighted by atomic mass is 9.64. The van der Waals surface area contributed by atoms with Crippen molar-refractivity contribution in [3.05, 3.63) is 204 Å². The molecule has 0 N–H and O–H groups in total. The Bertz CT molecular complexity index is 2470. The van der Waals surface area contributed by atoms with Gasteiger partial charge in [0, 0.05) is 28.4 Å². The van der Waals surface area contributed by atoms with Crippen LogP contribution >= 0.6 is 0 Å². The van der Waals surface area contributed by atoms with E-state index in [2.05, 4.69) is 187 Å². The molecular formula is C46H30N2. The van der Waals surface area contributed by atoms with Crippen LogP contribution in [0.15, 0.2) is 182 Å². The number of hydrogen-bond donors (Lipinski definition) is 0. The molecule has 0 amide bonds. The fourth-order valence-electron chi connectivity index (χ4n) is 8.50. The van der Waals surface area contributed by atoms with Crippen LogP contribution in [0.2, 0.25) is 0 Å². The molecule has 48 heavy (non-hydrogen) atoms. The van der Waals surface area contributed by atoms with Gasteiger partial charge in [0.25, 0.3) is 0 Å². The topological polar surface area (TPSA) is 16.1 Å². The quantitative estimate of drug-likeness (QED) is 0.198. The molecule has 1 aliphatic heterocycles. The summed E-state index contributed by atoms with van der Waals surface area (Å²) in [7, 11) is 0. The van der Waals surface area contributed by atoms with Gasteiger partial charge in [-0.3, -0.25) is 4.98 Å². The van der Waals surface area contributed by atoms with Crippen LogP contribution in [0.3, 0.4) is 0 Å². The summed E-state index contributed by atoms with van der Waals surface area (Å²) in [5.74, 6) is 0. The number of nitrogens with zero attached hydrogens (tertiary/aromatic N) is 2. The Morgan fingerprint density at radius 2 is 0.958 bits per heavy atom. The molecule has 2 nitrogen and oxygen atoms in total. The summed E-state index contributed by atoms with van der Waals surface area (Å²) in [6.07, 6.45) is 2.09. The van der Waals surface area contributed by atoms with Crippen molar-refractivity contribution in [1.82, 2.24) is 4.98 Å². The van der Waals surface area contributed by atoms with E-state index in [1.54, 1.807) is 0 Å². The molecule has 1 aromatic heterocycles. The van der Waals surface area contributed by atoms with Crippen molar-refractivity contribution in [2.24, 2.45) is 0 Å². The van der Waals surface area contributed by atoms with Gasteiger partial charge in [0.15, 0.2) is 0 Å². The molecule has 0 fully saturated rings. The third-order valence-electron chi connectivity index (χ3n) is 10.3. The van der Waals surface area contributed by atoms with Crippen molar-refractivity contribution in [2.75, 3.05) is 4.90 Å². The molecule has 0 unspecified atom stereocenters. The lowest BCUT2D eigenvalue weighted by Gasteiger charge is -2.45. The molecule has 10 rings (SSSR count). The number of benzene rings is 7. The SMILES string of the molecule is c1ccc(-c2c(-c3cccc4c3-c3ccccc3C43c4ccccc4N(c4ccccc4)c4ccccc43)cnc3ccccc23)cc1. The van der Waals surface area contributed by atoms with E-state index in [1.165, 1.54) is 61.4 Å². The number of anilines is 3. The summed E-state index contributed by atoms with van der Waals surface area (Å²) < 4.78 is 0. The van der Waals surface area contributed by atoms with Crippen LogP contribution in [0.25, 0.3) is 44.3 Å². The summed E-state index contributed by atoms with van der Waals surface area (Å²) in [6.45, 7) is 0. The van der Waals surface area contributed by atoms with Crippen LogP contribution in [0.4, 0.5) is 17.1 Å². The van der Waals surface area contributed by atoms with Gasteiger partial charge in [0.1, 0.15) is 0 Å².